The van der Waals surface area contributed by atoms with Crippen LogP contribution in [0.5, 0.6) is 0 Å². The first-order valence-electron chi connectivity index (χ1n) is 8.25. The van der Waals surface area contributed by atoms with Crippen molar-refractivity contribution < 1.29 is 5.11 Å². The molecule has 2 aromatic rings. The van der Waals surface area contributed by atoms with Crippen molar-refractivity contribution in [2.24, 2.45) is 13.0 Å². The third-order valence-corrected chi connectivity index (χ3v) is 4.74. The van der Waals surface area contributed by atoms with Gasteiger partial charge in [-0.2, -0.15) is 0 Å². The molecule has 6 nitrogen and oxygen atoms in total. The minimum absolute atomic E-state index is 0.268. The Morgan fingerprint density at radius 1 is 1.33 bits per heavy atom. The Kier molecular flexibility index (Phi) is 5.98. The van der Waals surface area contributed by atoms with Crippen LogP contribution in [0.2, 0.25) is 0 Å². The third-order valence-electron chi connectivity index (χ3n) is 4.11. The van der Waals surface area contributed by atoms with E-state index in [2.05, 4.69) is 20.9 Å². The maximum Gasteiger partial charge on any atom is 0.332 e. The van der Waals surface area contributed by atoms with Gasteiger partial charge in [0.15, 0.2) is 0 Å². The molecule has 2 heterocycles. The molecule has 1 N–H and O–H groups in total. The molecule has 0 aliphatic rings. The van der Waals surface area contributed by atoms with Crippen molar-refractivity contribution in [1.29, 1.82) is 0 Å². The van der Waals surface area contributed by atoms with Gasteiger partial charge < -0.3 is 5.11 Å². The summed E-state index contributed by atoms with van der Waals surface area (Å²) in [5.74, 6) is 0.268. The van der Waals surface area contributed by atoms with Gasteiger partial charge in [0.1, 0.15) is 5.65 Å². The molecule has 0 fully saturated rings. The minimum atomic E-state index is -0.797. The average Bonchev–Trinajstić information content (AvgIpc) is 2.51. The summed E-state index contributed by atoms with van der Waals surface area (Å²) in [4.78, 5) is 29.7. The van der Waals surface area contributed by atoms with E-state index >= 15 is 0 Å². The molecule has 0 aromatic carbocycles. The van der Waals surface area contributed by atoms with Gasteiger partial charge in [-0.15, -0.1) is 0 Å². The van der Waals surface area contributed by atoms with Gasteiger partial charge in [0.05, 0.1) is 11.5 Å². The fourth-order valence-electron chi connectivity index (χ4n) is 2.85. The van der Waals surface area contributed by atoms with Crippen molar-refractivity contribution in [2.45, 2.75) is 52.7 Å². The molecule has 2 rings (SSSR count). The number of pyridine rings is 1. The van der Waals surface area contributed by atoms with Gasteiger partial charge in [-0.05, 0) is 34.7 Å². The van der Waals surface area contributed by atoms with Crippen LogP contribution in [0.15, 0.2) is 20.3 Å². The molecule has 7 heteroatoms. The Balaban J connectivity index is 2.83. The van der Waals surface area contributed by atoms with Crippen LogP contribution in [0.3, 0.4) is 0 Å². The first-order chi connectivity index (χ1) is 11.3. The predicted molar refractivity (Wildman–Crippen MR) is 98.3 cm³/mol. The number of rotatable bonds is 6. The molecule has 0 radical (unpaired) electrons. The van der Waals surface area contributed by atoms with Crippen molar-refractivity contribution in [2.75, 3.05) is 0 Å². The third kappa shape index (κ3) is 3.47. The van der Waals surface area contributed by atoms with Gasteiger partial charge in [-0.3, -0.25) is 13.9 Å². The number of fused-ring (bicyclic) bond motifs is 1. The van der Waals surface area contributed by atoms with Crippen LogP contribution < -0.4 is 11.2 Å². The van der Waals surface area contributed by atoms with Crippen LogP contribution in [0.1, 0.15) is 51.7 Å². The minimum Gasteiger partial charge on any atom is -0.388 e. The zero-order valence-corrected chi connectivity index (χ0v) is 16.1. The highest BCUT2D eigenvalue weighted by Gasteiger charge is 2.22. The molecule has 0 bridgehead atoms. The van der Waals surface area contributed by atoms with Crippen molar-refractivity contribution in [3.63, 3.8) is 0 Å². The lowest BCUT2D eigenvalue weighted by Crippen LogP contribution is -2.40. The van der Waals surface area contributed by atoms with Crippen LogP contribution in [0.25, 0.3) is 11.0 Å². The molecule has 0 saturated carbocycles. The smallest absolute Gasteiger partial charge is 0.332 e. The molecule has 1 unspecified atom stereocenters. The molecule has 24 heavy (non-hydrogen) atoms. The molecule has 0 aliphatic carbocycles. The highest BCUT2D eigenvalue weighted by Crippen LogP contribution is 2.31. The maximum atomic E-state index is 12.9. The molecule has 0 amide bonds. The van der Waals surface area contributed by atoms with Crippen LogP contribution >= 0.6 is 15.9 Å². The number of hydrogen-bond acceptors (Lipinski definition) is 4. The van der Waals surface area contributed by atoms with E-state index in [-0.39, 0.29) is 17.2 Å². The average molecular weight is 398 g/mol. The number of unbranched alkanes of at least 4 members (excludes halogenated alkanes) is 1. The van der Waals surface area contributed by atoms with E-state index in [1.807, 2.05) is 20.8 Å². The van der Waals surface area contributed by atoms with E-state index in [9.17, 15) is 14.7 Å². The Bertz CT molecular complexity index is 855. The SMILES string of the molecule is CCCCn1c(=O)c2c(C(O)CC(C)C)c(Br)cnc2n(C)c1=O. The van der Waals surface area contributed by atoms with Crippen LogP contribution in [-0.4, -0.2) is 19.2 Å². The largest absolute Gasteiger partial charge is 0.388 e. The number of nitrogens with zero attached hydrogens (tertiary/aromatic N) is 3. The second-order valence-corrected chi connectivity index (χ2v) is 7.37. The molecule has 0 spiro atoms. The van der Waals surface area contributed by atoms with Gasteiger partial charge in [0, 0.05) is 29.8 Å². The Morgan fingerprint density at radius 3 is 2.58 bits per heavy atom. The zero-order chi connectivity index (χ0) is 18.0. The molecule has 2 aromatic heterocycles. The van der Waals surface area contributed by atoms with Gasteiger partial charge >= 0.3 is 5.69 Å². The second kappa shape index (κ2) is 7.61. The monoisotopic (exact) mass is 397 g/mol. The first kappa shape index (κ1) is 18.9. The lowest BCUT2D eigenvalue weighted by atomic mass is 9.98. The molecule has 0 aliphatic heterocycles. The number of aliphatic hydroxyl groups is 1. The Morgan fingerprint density at radius 2 is 2.00 bits per heavy atom. The fraction of sp³-hybridized carbons (Fsp3) is 0.588. The van der Waals surface area contributed by atoms with Crippen molar-refractivity contribution in [3.05, 3.63) is 37.1 Å². The van der Waals surface area contributed by atoms with Crippen LogP contribution in [-0.2, 0) is 13.6 Å². The number of aromatic nitrogens is 3. The lowest BCUT2D eigenvalue weighted by molar-refractivity contribution is 0.151. The van der Waals surface area contributed by atoms with E-state index in [1.54, 1.807) is 7.05 Å². The number of aryl methyl sites for hydroxylation is 1. The number of aliphatic hydroxyl groups excluding tert-OH is 1. The Labute approximate surface area is 149 Å². The zero-order valence-electron chi connectivity index (χ0n) is 14.5. The standard InChI is InChI=1S/C17H24BrN3O3/c1-5-6-7-21-16(23)14-13(12(22)8-10(2)3)11(18)9-19-15(14)20(4)17(21)24/h9-10,12,22H,5-8H2,1-4H3. The lowest BCUT2D eigenvalue weighted by Gasteiger charge is -2.18. The van der Waals surface area contributed by atoms with Crippen molar-refractivity contribution in [3.8, 4) is 0 Å². The van der Waals surface area contributed by atoms with E-state index in [4.69, 9.17) is 0 Å². The predicted octanol–water partition coefficient (Wildman–Crippen LogP) is 2.74. The normalized spacial score (nSPS) is 13.0. The maximum absolute atomic E-state index is 12.9. The molecular formula is C17H24BrN3O3. The topological polar surface area (TPSA) is 77.1 Å². The summed E-state index contributed by atoms with van der Waals surface area (Å²) in [6, 6.07) is 0. The Hall–Kier alpha value is -1.47. The van der Waals surface area contributed by atoms with Gasteiger partial charge in [-0.25, -0.2) is 9.78 Å². The van der Waals surface area contributed by atoms with E-state index in [0.717, 1.165) is 12.8 Å². The highest BCUT2D eigenvalue weighted by atomic mass is 79.9. The van der Waals surface area contributed by atoms with E-state index in [0.29, 0.717) is 34.0 Å². The number of halogens is 1. The summed E-state index contributed by atoms with van der Waals surface area (Å²) >= 11 is 3.40. The van der Waals surface area contributed by atoms with Crippen molar-refractivity contribution >= 4 is 27.0 Å². The van der Waals surface area contributed by atoms with E-state index in [1.165, 1.54) is 15.3 Å². The van der Waals surface area contributed by atoms with Gasteiger partial charge in [0.25, 0.3) is 5.56 Å². The summed E-state index contributed by atoms with van der Waals surface area (Å²) in [5.41, 5.74) is 0.0616. The molecule has 132 valence electrons. The first-order valence-corrected chi connectivity index (χ1v) is 9.04. The summed E-state index contributed by atoms with van der Waals surface area (Å²) in [6.07, 6.45) is 2.89. The number of hydrogen-bond donors (Lipinski definition) is 1. The second-order valence-electron chi connectivity index (χ2n) is 6.52. The van der Waals surface area contributed by atoms with Crippen LogP contribution in [0, 0.1) is 5.92 Å². The summed E-state index contributed by atoms with van der Waals surface area (Å²) in [5, 5.41) is 10.9. The molecular weight excluding hydrogens is 374 g/mol. The summed E-state index contributed by atoms with van der Waals surface area (Å²) in [6.45, 7) is 6.39. The van der Waals surface area contributed by atoms with Gasteiger partial charge in [0.2, 0.25) is 0 Å². The fourth-order valence-corrected chi connectivity index (χ4v) is 3.42. The van der Waals surface area contributed by atoms with E-state index < -0.39 is 6.10 Å². The molecule has 0 saturated heterocycles. The summed E-state index contributed by atoms with van der Waals surface area (Å²) in [7, 11) is 1.60. The van der Waals surface area contributed by atoms with Crippen LogP contribution in [0.4, 0.5) is 0 Å². The quantitative estimate of drug-likeness (QED) is 0.812. The van der Waals surface area contributed by atoms with Gasteiger partial charge in [-0.1, -0.05) is 27.2 Å². The molecule has 1 atom stereocenters. The highest BCUT2D eigenvalue weighted by molar-refractivity contribution is 9.10. The van der Waals surface area contributed by atoms with Crippen molar-refractivity contribution in [1.82, 2.24) is 14.1 Å². The summed E-state index contributed by atoms with van der Waals surface area (Å²) < 4.78 is 3.21.